The van der Waals surface area contributed by atoms with Crippen LogP contribution in [0.5, 0.6) is 5.75 Å². The largest absolute Gasteiger partial charge is 0.497 e. The standard InChI is InChI=1S/C9H13BO/c1-10(2)8-6-4-5-7-9(8)11-3/h4-7H,1-3H3. The van der Waals surface area contributed by atoms with Crippen LogP contribution in [0.2, 0.25) is 13.6 Å². The molecule has 58 valence electrons. The third-order valence-corrected chi connectivity index (χ3v) is 1.76. The van der Waals surface area contributed by atoms with Gasteiger partial charge in [-0.15, -0.1) is 0 Å². The van der Waals surface area contributed by atoms with Crippen molar-refractivity contribution in [2.45, 2.75) is 13.6 Å². The van der Waals surface area contributed by atoms with E-state index in [2.05, 4.69) is 19.7 Å². The maximum atomic E-state index is 5.21. The normalized spacial score (nSPS) is 9.36. The van der Waals surface area contributed by atoms with Crippen LogP contribution in [0.4, 0.5) is 0 Å². The molecule has 0 aliphatic heterocycles. The number of benzene rings is 1. The summed E-state index contributed by atoms with van der Waals surface area (Å²) in [5, 5.41) is 0. The highest BCUT2D eigenvalue weighted by atomic mass is 16.5. The molecule has 11 heavy (non-hydrogen) atoms. The molecule has 2 heteroatoms. The van der Waals surface area contributed by atoms with E-state index in [9.17, 15) is 0 Å². The van der Waals surface area contributed by atoms with Crippen molar-refractivity contribution in [3.63, 3.8) is 0 Å². The van der Waals surface area contributed by atoms with Crippen LogP contribution >= 0.6 is 0 Å². The Bertz CT molecular complexity index is 233. The van der Waals surface area contributed by atoms with Gasteiger partial charge in [-0.25, -0.2) is 0 Å². The molecule has 0 N–H and O–H groups in total. The lowest BCUT2D eigenvalue weighted by atomic mass is 9.49. The highest BCUT2D eigenvalue weighted by molar-refractivity contribution is 6.71. The average Bonchev–Trinajstić information content (AvgIpc) is 2.04. The smallest absolute Gasteiger partial charge is 0.174 e. The van der Waals surface area contributed by atoms with E-state index < -0.39 is 0 Å². The summed E-state index contributed by atoms with van der Waals surface area (Å²) >= 11 is 0. The molecule has 1 rings (SSSR count). The van der Waals surface area contributed by atoms with Gasteiger partial charge in [-0.05, 0) is 11.5 Å². The molecule has 0 saturated carbocycles. The lowest BCUT2D eigenvalue weighted by molar-refractivity contribution is 0.418. The van der Waals surface area contributed by atoms with Gasteiger partial charge < -0.3 is 4.74 Å². The van der Waals surface area contributed by atoms with Crippen LogP contribution in [-0.4, -0.2) is 13.8 Å². The minimum Gasteiger partial charge on any atom is -0.497 e. The SMILES string of the molecule is COc1ccccc1B(C)C. The summed E-state index contributed by atoms with van der Waals surface area (Å²) in [4.78, 5) is 0. The predicted molar refractivity (Wildman–Crippen MR) is 50.1 cm³/mol. The van der Waals surface area contributed by atoms with Crippen LogP contribution in [0.1, 0.15) is 0 Å². The van der Waals surface area contributed by atoms with Gasteiger partial charge in [0.25, 0.3) is 0 Å². The first kappa shape index (κ1) is 8.18. The molecule has 0 aromatic heterocycles. The van der Waals surface area contributed by atoms with Gasteiger partial charge in [0.05, 0.1) is 7.11 Å². The highest BCUT2D eigenvalue weighted by Crippen LogP contribution is 2.06. The number of hydrogen-bond acceptors (Lipinski definition) is 1. The van der Waals surface area contributed by atoms with Crippen molar-refractivity contribution in [2.75, 3.05) is 7.11 Å². The topological polar surface area (TPSA) is 9.23 Å². The summed E-state index contributed by atoms with van der Waals surface area (Å²) in [6.07, 6.45) is 0. The number of hydrogen-bond donors (Lipinski definition) is 0. The molecule has 0 aliphatic carbocycles. The van der Waals surface area contributed by atoms with Crippen LogP contribution in [-0.2, 0) is 0 Å². The van der Waals surface area contributed by atoms with Crippen molar-refractivity contribution in [1.82, 2.24) is 0 Å². The van der Waals surface area contributed by atoms with E-state index in [1.54, 1.807) is 7.11 Å². The summed E-state index contributed by atoms with van der Waals surface area (Å²) in [5.41, 5.74) is 1.27. The fraction of sp³-hybridized carbons (Fsp3) is 0.333. The van der Waals surface area contributed by atoms with Crippen molar-refractivity contribution in [2.24, 2.45) is 0 Å². The van der Waals surface area contributed by atoms with Crippen LogP contribution in [0.15, 0.2) is 24.3 Å². The van der Waals surface area contributed by atoms with Gasteiger partial charge in [0.1, 0.15) is 5.75 Å². The molecular formula is C9H13BO. The second-order valence-corrected chi connectivity index (χ2v) is 2.90. The van der Waals surface area contributed by atoms with Crippen LogP contribution in [0.25, 0.3) is 0 Å². The van der Waals surface area contributed by atoms with Crippen LogP contribution in [0.3, 0.4) is 0 Å². The summed E-state index contributed by atoms with van der Waals surface area (Å²) in [5.74, 6) is 0.988. The lowest BCUT2D eigenvalue weighted by Crippen LogP contribution is -2.23. The molecule has 0 amide bonds. The van der Waals surface area contributed by atoms with Gasteiger partial charge in [-0.2, -0.15) is 0 Å². The molecule has 0 aliphatic rings. The van der Waals surface area contributed by atoms with Gasteiger partial charge in [0.2, 0.25) is 0 Å². The zero-order chi connectivity index (χ0) is 8.27. The first-order valence-corrected chi connectivity index (χ1v) is 3.88. The Kier molecular flexibility index (Phi) is 2.58. The molecule has 0 bridgehead atoms. The molecule has 0 heterocycles. The predicted octanol–water partition coefficient (Wildman–Crippen LogP) is 1.66. The second-order valence-electron chi connectivity index (χ2n) is 2.90. The molecule has 1 nitrogen and oxygen atoms in total. The molecular weight excluding hydrogens is 135 g/mol. The lowest BCUT2D eigenvalue weighted by Gasteiger charge is -2.08. The number of rotatable bonds is 2. The van der Waals surface area contributed by atoms with E-state index in [4.69, 9.17) is 4.74 Å². The van der Waals surface area contributed by atoms with Gasteiger partial charge >= 0.3 is 0 Å². The van der Waals surface area contributed by atoms with Gasteiger partial charge in [0.15, 0.2) is 6.71 Å². The summed E-state index contributed by atoms with van der Waals surface area (Å²) in [6, 6.07) is 8.13. The Morgan fingerprint density at radius 3 is 2.27 bits per heavy atom. The Hall–Kier alpha value is -0.915. The van der Waals surface area contributed by atoms with Crippen LogP contribution in [0, 0.1) is 0 Å². The summed E-state index contributed by atoms with van der Waals surface area (Å²) in [7, 11) is 1.71. The molecule has 0 spiro atoms. The molecule has 0 saturated heterocycles. The zero-order valence-electron chi connectivity index (χ0n) is 7.29. The molecule has 0 atom stereocenters. The molecule has 0 fully saturated rings. The van der Waals surface area contributed by atoms with Crippen molar-refractivity contribution in [3.8, 4) is 5.75 Å². The fourth-order valence-electron chi connectivity index (χ4n) is 1.14. The van der Waals surface area contributed by atoms with Gasteiger partial charge in [-0.3, -0.25) is 0 Å². The average molecular weight is 148 g/mol. The van der Waals surface area contributed by atoms with E-state index in [0.717, 1.165) is 5.75 Å². The second kappa shape index (κ2) is 3.47. The van der Waals surface area contributed by atoms with E-state index in [-0.39, 0.29) is 0 Å². The van der Waals surface area contributed by atoms with E-state index in [1.165, 1.54) is 5.46 Å². The molecule has 1 aromatic rings. The fourth-order valence-corrected chi connectivity index (χ4v) is 1.14. The summed E-state index contributed by atoms with van der Waals surface area (Å²) < 4.78 is 5.21. The maximum Gasteiger partial charge on any atom is 0.174 e. The Labute approximate surface area is 68.5 Å². The third kappa shape index (κ3) is 1.76. The number of para-hydroxylation sites is 1. The van der Waals surface area contributed by atoms with Crippen molar-refractivity contribution >= 4 is 12.2 Å². The Morgan fingerprint density at radius 2 is 1.82 bits per heavy atom. The number of methoxy groups -OCH3 is 1. The number of ether oxygens (including phenoxy) is 1. The van der Waals surface area contributed by atoms with Crippen molar-refractivity contribution < 1.29 is 4.74 Å². The monoisotopic (exact) mass is 148 g/mol. The third-order valence-electron chi connectivity index (χ3n) is 1.76. The Morgan fingerprint density at radius 1 is 1.18 bits per heavy atom. The quantitative estimate of drug-likeness (QED) is 0.579. The van der Waals surface area contributed by atoms with Gasteiger partial charge in [0, 0.05) is 0 Å². The minimum absolute atomic E-state index is 0.533. The van der Waals surface area contributed by atoms with Crippen molar-refractivity contribution in [1.29, 1.82) is 0 Å². The first-order valence-electron chi connectivity index (χ1n) is 3.88. The minimum atomic E-state index is 0.533. The van der Waals surface area contributed by atoms with Crippen LogP contribution < -0.4 is 10.2 Å². The van der Waals surface area contributed by atoms with Gasteiger partial charge in [-0.1, -0.05) is 31.8 Å². The maximum absolute atomic E-state index is 5.21. The zero-order valence-corrected chi connectivity index (χ0v) is 7.29. The summed E-state index contributed by atoms with van der Waals surface area (Å²) in [6.45, 7) is 4.86. The van der Waals surface area contributed by atoms with E-state index in [1.807, 2.05) is 18.2 Å². The molecule has 1 aromatic carbocycles. The van der Waals surface area contributed by atoms with Crippen molar-refractivity contribution in [3.05, 3.63) is 24.3 Å². The molecule has 0 radical (unpaired) electrons. The first-order chi connectivity index (χ1) is 5.25. The highest BCUT2D eigenvalue weighted by Gasteiger charge is 2.07. The Balaban J connectivity index is 3.02. The van der Waals surface area contributed by atoms with E-state index in [0.29, 0.717) is 6.71 Å². The molecule has 0 unspecified atom stereocenters. The van der Waals surface area contributed by atoms with E-state index >= 15 is 0 Å².